The third-order valence-corrected chi connectivity index (χ3v) is 7.30. The molecule has 0 radical (unpaired) electrons. The van der Waals surface area contributed by atoms with Crippen LogP contribution in [0.4, 0.5) is 33.9 Å². The maximum Gasteiger partial charge on any atom is 0.471 e. The molecule has 4 aromatic rings. The molecule has 3 amide bonds. The molecule has 0 bridgehead atoms. The minimum Gasteiger partial charge on any atom is -0.320 e. The van der Waals surface area contributed by atoms with Crippen LogP contribution in [-0.4, -0.2) is 34.5 Å². The van der Waals surface area contributed by atoms with Crippen molar-refractivity contribution < 1.29 is 27.2 Å². The quantitative estimate of drug-likeness (QED) is 0.231. The Morgan fingerprint density at radius 2 is 1.60 bits per heavy atom. The summed E-state index contributed by atoms with van der Waals surface area (Å²) >= 11 is 0. The van der Waals surface area contributed by atoms with Crippen molar-refractivity contribution in [3.8, 4) is 0 Å². The van der Waals surface area contributed by atoms with E-state index in [2.05, 4.69) is 4.98 Å². The van der Waals surface area contributed by atoms with Crippen LogP contribution in [0.15, 0.2) is 97.2 Å². The summed E-state index contributed by atoms with van der Waals surface area (Å²) in [6.45, 7) is 2.30. The van der Waals surface area contributed by atoms with Crippen LogP contribution in [0.3, 0.4) is 0 Å². The molecule has 216 valence electrons. The molecule has 6 nitrogen and oxygen atoms in total. The van der Waals surface area contributed by atoms with Gasteiger partial charge in [-0.15, -0.1) is 0 Å². The molecule has 5 rings (SSSR count). The summed E-state index contributed by atoms with van der Waals surface area (Å²) < 4.78 is 55.1. The largest absolute Gasteiger partial charge is 0.471 e. The van der Waals surface area contributed by atoms with Crippen molar-refractivity contribution >= 4 is 23.4 Å². The van der Waals surface area contributed by atoms with E-state index in [4.69, 9.17) is 0 Å². The third-order valence-electron chi connectivity index (χ3n) is 7.30. The fourth-order valence-electron chi connectivity index (χ4n) is 5.07. The molecule has 0 fully saturated rings. The minimum atomic E-state index is -5.16. The van der Waals surface area contributed by atoms with Gasteiger partial charge in [-0.3, -0.25) is 14.6 Å². The van der Waals surface area contributed by atoms with Crippen LogP contribution in [0.2, 0.25) is 0 Å². The number of pyridine rings is 1. The van der Waals surface area contributed by atoms with Crippen molar-refractivity contribution in [2.75, 3.05) is 16.3 Å². The molecule has 0 N–H and O–H groups in total. The van der Waals surface area contributed by atoms with Gasteiger partial charge in [0.1, 0.15) is 11.6 Å². The standard InChI is InChI=1S/C32H28F4N4O2/c1-22(24-7-3-2-4-8-24)40(30(41)32(34,35)36)29-19-28(15-17-37-29)39(20-23-11-13-27(33)14-12-23)31(42)38-18-16-25-9-5-6-10-26(25)21-38/h2-15,17,19,22H,16,18,20-21H2,1H3. The van der Waals surface area contributed by atoms with E-state index in [0.29, 0.717) is 35.5 Å². The van der Waals surface area contributed by atoms with Crippen LogP contribution in [0.5, 0.6) is 0 Å². The van der Waals surface area contributed by atoms with Crippen LogP contribution in [0.25, 0.3) is 0 Å². The van der Waals surface area contributed by atoms with Crippen LogP contribution >= 0.6 is 0 Å². The van der Waals surface area contributed by atoms with Crippen LogP contribution in [0, 0.1) is 5.82 Å². The summed E-state index contributed by atoms with van der Waals surface area (Å²) in [5, 5.41) is 0. The molecule has 10 heteroatoms. The molecular formula is C32H28F4N4O2. The normalized spacial score (nSPS) is 13.7. The topological polar surface area (TPSA) is 56.8 Å². The molecule has 1 atom stereocenters. The van der Waals surface area contributed by atoms with E-state index in [1.807, 2.05) is 24.3 Å². The molecule has 1 unspecified atom stereocenters. The fraction of sp³-hybridized carbons (Fsp3) is 0.219. The molecule has 0 spiro atoms. The number of hydrogen-bond donors (Lipinski definition) is 0. The van der Waals surface area contributed by atoms with Gasteiger partial charge in [-0.25, -0.2) is 14.2 Å². The molecular weight excluding hydrogens is 548 g/mol. The lowest BCUT2D eigenvalue weighted by molar-refractivity contribution is -0.171. The van der Waals surface area contributed by atoms with Gasteiger partial charge < -0.3 is 4.90 Å². The third kappa shape index (κ3) is 6.27. The molecule has 0 saturated heterocycles. The number of benzene rings is 3. The number of nitrogens with zero attached hydrogens (tertiary/aromatic N) is 4. The zero-order chi connectivity index (χ0) is 29.9. The second kappa shape index (κ2) is 12.0. The highest BCUT2D eigenvalue weighted by Crippen LogP contribution is 2.33. The summed E-state index contributed by atoms with van der Waals surface area (Å²) in [7, 11) is 0. The molecule has 1 aliphatic heterocycles. The Bertz CT molecular complexity index is 1560. The molecule has 42 heavy (non-hydrogen) atoms. The van der Waals surface area contributed by atoms with Gasteiger partial charge in [0.05, 0.1) is 18.3 Å². The van der Waals surface area contributed by atoms with Crippen molar-refractivity contribution in [1.82, 2.24) is 9.88 Å². The van der Waals surface area contributed by atoms with E-state index in [-0.39, 0.29) is 24.1 Å². The Morgan fingerprint density at radius 3 is 2.29 bits per heavy atom. The molecule has 2 heterocycles. The average Bonchev–Trinajstić information content (AvgIpc) is 3.00. The van der Waals surface area contributed by atoms with Gasteiger partial charge in [0, 0.05) is 25.4 Å². The minimum absolute atomic E-state index is 0.0160. The second-order valence-corrected chi connectivity index (χ2v) is 10.1. The summed E-state index contributed by atoms with van der Waals surface area (Å²) in [4.78, 5) is 34.5. The zero-order valence-corrected chi connectivity index (χ0v) is 22.8. The molecule has 0 aliphatic carbocycles. The number of rotatable bonds is 6. The van der Waals surface area contributed by atoms with Crippen molar-refractivity contribution in [3.05, 3.63) is 125 Å². The number of hydrogen-bond acceptors (Lipinski definition) is 3. The smallest absolute Gasteiger partial charge is 0.320 e. The number of alkyl halides is 3. The maximum absolute atomic E-state index is 14.0. The summed E-state index contributed by atoms with van der Waals surface area (Å²) in [6, 6.07) is 23.2. The second-order valence-electron chi connectivity index (χ2n) is 10.1. The first kappa shape index (κ1) is 28.8. The average molecular weight is 577 g/mol. The summed E-state index contributed by atoms with van der Waals surface area (Å²) in [5.41, 5.74) is 3.49. The highest BCUT2D eigenvalue weighted by molar-refractivity contribution is 5.98. The molecule has 3 aromatic carbocycles. The SMILES string of the molecule is CC(c1ccccc1)N(C(=O)C(F)(F)F)c1cc(N(Cc2ccc(F)cc2)C(=O)N2CCc3ccccc3C2)ccn1. The number of fused-ring (bicyclic) bond motifs is 1. The first-order valence-corrected chi connectivity index (χ1v) is 13.4. The molecule has 0 saturated carbocycles. The van der Waals surface area contributed by atoms with Crippen molar-refractivity contribution in [2.24, 2.45) is 0 Å². The lowest BCUT2D eigenvalue weighted by Gasteiger charge is -2.35. The first-order chi connectivity index (χ1) is 20.1. The Balaban J connectivity index is 1.54. The van der Waals surface area contributed by atoms with Crippen molar-refractivity contribution in [2.45, 2.75) is 38.7 Å². The van der Waals surface area contributed by atoms with E-state index >= 15 is 0 Å². The predicted octanol–water partition coefficient (Wildman–Crippen LogP) is 7.06. The van der Waals surface area contributed by atoms with Gasteiger partial charge >= 0.3 is 18.1 Å². The zero-order valence-electron chi connectivity index (χ0n) is 22.8. The number of urea groups is 1. The maximum atomic E-state index is 14.0. The Morgan fingerprint density at radius 1 is 0.929 bits per heavy atom. The molecule has 1 aromatic heterocycles. The molecule has 1 aliphatic rings. The van der Waals surface area contributed by atoms with Gasteiger partial charge in [0.2, 0.25) is 0 Å². The lowest BCUT2D eigenvalue weighted by Crippen LogP contribution is -2.45. The van der Waals surface area contributed by atoms with E-state index in [9.17, 15) is 27.2 Å². The first-order valence-electron chi connectivity index (χ1n) is 13.4. The van der Waals surface area contributed by atoms with Crippen molar-refractivity contribution in [3.63, 3.8) is 0 Å². The van der Waals surface area contributed by atoms with Gasteiger partial charge in [-0.1, -0.05) is 66.7 Å². The highest BCUT2D eigenvalue weighted by Gasteiger charge is 2.45. The highest BCUT2D eigenvalue weighted by atomic mass is 19.4. The number of anilines is 2. The van der Waals surface area contributed by atoms with Gasteiger partial charge in [0.25, 0.3) is 0 Å². The monoisotopic (exact) mass is 576 g/mol. The summed E-state index contributed by atoms with van der Waals surface area (Å²) in [6.07, 6.45) is -3.24. The van der Waals surface area contributed by atoms with Crippen LogP contribution < -0.4 is 9.80 Å². The Hall–Kier alpha value is -4.73. The fourth-order valence-corrected chi connectivity index (χ4v) is 5.07. The van der Waals surface area contributed by atoms with E-state index in [1.54, 1.807) is 47.4 Å². The van der Waals surface area contributed by atoms with Gasteiger partial charge in [0.15, 0.2) is 0 Å². The number of amides is 3. The number of carbonyl (C=O) groups is 2. The number of aromatic nitrogens is 1. The van der Waals surface area contributed by atoms with E-state index < -0.39 is 23.9 Å². The number of carbonyl (C=O) groups excluding carboxylic acids is 2. The predicted molar refractivity (Wildman–Crippen MR) is 151 cm³/mol. The van der Waals surface area contributed by atoms with Crippen LogP contribution in [0.1, 0.15) is 35.2 Å². The van der Waals surface area contributed by atoms with E-state index in [0.717, 1.165) is 11.1 Å². The van der Waals surface area contributed by atoms with Crippen LogP contribution in [-0.2, 0) is 24.3 Å². The Kier molecular flexibility index (Phi) is 8.24. The summed E-state index contributed by atoms with van der Waals surface area (Å²) in [5.74, 6) is -2.77. The van der Waals surface area contributed by atoms with Gasteiger partial charge in [-0.2, -0.15) is 13.2 Å². The lowest BCUT2D eigenvalue weighted by atomic mass is 10.0. The van der Waals surface area contributed by atoms with Gasteiger partial charge in [-0.05, 0) is 53.8 Å². The van der Waals surface area contributed by atoms with Crippen molar-refractivity contribution in [1.29, 1.82) is 0 Å². The van der Waals surface area contributed by atoms with E-state index in [1.165, 1.54) is 42.3 Å². The number of halogens is 4. The Labute approximate surface area is 240 Å².